The van der Waals surface area contributed by atoms with Crippen molar-refractivity contribution in [3.05, 3.63) is 59.4 Å². The first-order valence-electron chi connectivity index (χ1n) is 8.73. The molecule has 2 aromatic rings. The highest BCUT2D eigenvalue weighted by atomic mass is 19.1. The Kier molecular flexibility index (Phi) is 6.93. The Morgan fingerprint density at radius 3 is 2.45 bits per heavy atom. The van der Waals surface area contributed by atoms with Crippen molar-refractivity contribution in [3.8, 4) is 5.75 Å². The molecule has 0 aliphatic carbocycles. The van der Waals surface area contributed by atoms with Crippen molar-refractivity contribution in [1.82, 2.24) is 0 Å². The minimum atomic E-state index is -0.776. The molecule has 0 radical (unpaired) electrons. The molecule has 154 valence electrons. The van der Waals surface area contributed by atoms with E-state index < -0.39 is 35.9 Å². The summed E-state index contributed by atoms with van der Waals surface area (Å²) in [5.74, 6) is -1.82. The number of esters is 1. The zero-order valence-electron chi connectivity index (χ0n) is 16.6. The van der Waals surface area contributed by atoms with Gasteiger partial charge in [0.2, 0.25) is 5.78 Å². The standard InChI is InChI=1S/C21H22FNO6/c1-21(2,3)29-20(26)23-15-7-5-6-13(10-15)19(25)28-12-17(24)16-11-14(22)8-9-18(16)27-4/h5-11H,12H2,1-4H3,(H,23,26). The van der Waals surface area contributed by atoms with Crippen LogP contribution in [0.5, 0.6) is 5.75 Å². The van der Waals surface area contributed by atoms with Crippen LogP contribution in [-0.2, 0) is 9.47 Å². The fourth-order valence-electron chi connectivity index (χ4n) is 2.34. The quantitative estimate of drug-likeness (QED) is 0.574. The van der Waals surface area contributed by atoms with E-state index in [1.165, 1.54) is 25.3 Å². The van der Waals surface area contributed by atoms with Gasteiger partial charge in [0.25, 0.3) is 0 Å². The van der Waals surface area contributed by atoms with Gasteiger partial charge in [0, 0.05) is 5.69 Å². The summed E-state index contributed by atoms with van der Waals surface area (Å²) in [4.78, 5) is 36.3. The molecule has 1 N–H and O–H groups in total. The van der Waals surface area contributed by atoms with Crippen LogP contribution in [0.1, 0.15) is 41.5 Å². The van der Waals surface area contributed by atoms with E-state index in [4.69, 9.17) is 14.2 Å². The number of ether oxygens (including phenoxy) is 3. The van der Waals surface area contributed by atoms with Crippen LogP contribution in [0.2, 0.25) is 0 Å². The lowest BCUT2D eigenvalue weighted by atomic mass is 10.1. The van der Waals surface area contributed by atoms with E-state index in [1.54, 1.807) is 32.9 Å². The van der Waals surface area contributed by atoms with E-state index in [0.717, 1.165) is 12.1 Å². The monoisotopic (exact) mass is 403 g/mol. The molecule has 2 rings (SSSR count). The highest BCUT2D eigenvalue weighted by molar-refractivity contribution is 6.01. The number of halogens is 1. The number of hydrogen-bond donors (Lipinski definition) is 1. The third kappa shape index (κ3) is 6.60. The Morgan fingerprint density at radius 2 is 1.79 bits per heavy atom. The van der Waals surface area contributed by atoms with Crippen LogP contribution in [0.4, 0.5) is 14.9 Å². The second kappa shape index (κ2) is 9.18. The van der Waals surface area contributed by atoms with Crippen molar-refractivity contribution in [2.24, 2.45) is 0 Å². The van der Waals surface area contributed by atoms with Gasteiger partial charge in [-0.15, -0.1) is 0 Å². The van der Waals surface area contributed by atoms with Gasteiger partial charge in [-0.3, -0.25) is 10.1 Å². The van der Waals surface area contributed by atoms with Crippen LogP contribution in [-0.4, -0.2) is 37.2 Å². The molecule has 2 aromatic carbocycles. The summed E-state index contributed by atoms with van der Waals surface area (Å²) in [7, 11) is 1.35. The van der Waals surface area contributed by atoms with Crippen molar-refractivity contribution in [3.63, 3.8) is 0 Å². The minimum absolute atomic E-state index is 0.0272. The van der Waals surface area contributed by atoms with Gasteiger partial charge in [0.1, 0.15) is 17.2 Å². The van der Waals surface area contributed by atoms with Gasteiger partial charge in [0.15, 0.2) is 6.61 Å². The number of carbonyl (C=O) groups excluding carboxylic acids is 3. The molecule has 0 saturated carbocycles. The molecule has 29 heavy (non-hydrogen) atoms. The number of rotatable bonds is 6. The van der Waals surface area contributed by atoms with Crippen LogP contribution in [0.25, 0.3) is 0 Å². The Labute approximate surface area is 167 Å². The van der Waals surface area contributed by atoms with Crippen molar-refractivity contribution in [1.29, 1.82) is 0 Å². The number of carbonyl (C=O) groups is 3. The fraction of sp³-hybridized carbons (Fsp3) is 0.286. The van der Waals surface area contributed by atoms with Crippen molar-refractivity contribution in [2.45, 2.75) is 26.4 Å². The molecule has 0 fully saturated rings. The second-order valence-corrected chi connectivity index (χ2v) is 7.05. The lowest BCUT2D eigenvalue weighted by molar-refractivity contribution is 0.0473. The lowest BCUT2D eigenvalue weighted by Crippen LogP contribution is -2.27. The molecule has 0 heterocycles. The normalized spacial score (nSPS) is 10.8. The summed E-state index contributed by atoms with van der Waals surface area (Å²) in [6, 6.07) is 9.46. The molecular weight excluding hydrogens is 381 g/mol. The van der Waals surface area contributed by atoms with Crippen LogP contribution in [0, 0.1) is 5.82 Å². The summed E-state index contributed by atoms with van der Waals surface area (Å²) < 4.78 is 28.6. The van der Waals surface area contributed by atoms with Crippen molar-refractivity contribution < 1.29 is 33.0 Å². The van der Waals surface area contributed by atoms with E-state index in [9.17, 15) is 18.8 Å². The Morgan fingerprint density at radius 1 is 1.07 bits per heavy atom. The predicted molar refractivity (Wildman–Crippen MR) is 104 cm³/mol. The number of anilines is 1. The van der Waals surface area contributed by atoms with Crippen molar-refractivity contribution >= 4 is 23.5 Å². The highest BCUT2D eigenvalue weighted by Gasteiger charge is 2.18. The summed E-state index contributed by atoms with van der Waals surface area (Å²) >= 11 is 0. The molecule has 0 unspecified atom stereocenters. The average molecular weight is 403 g/mol. The van der Waals surface area contributed by atoms with Gasteiger partial charge < -0.3 is 14.2 Å². The maximum absolute atomic E-state index is 13.4. The molecule has 8 heteroatoms. The van der Waals surface area contributed by atoms with Gasteiger partial charge in [-0.25, -0.2) is 14.0 Å². The Bertz CT molecular complexity index is 920. The number of ketones is 1. The molecule has 0 saturated heterocycles. The number of Topliss-reactive ketones (excluding diaryl/α,β-unsaturated/α-hetero) is 1. The van der Waals surface area contributed by atoms with E-state index in [1.807, 2.05) is 0 Å². The first-order chi connectivity index (χ1) is 13.6. The highest BCUT2D eigenvalue weighted by Crippen LogP contribution is 2.20. The third-order valence-electron chi connectivity index (χ3n) is 3.54. The zero-order chi connectivity index (χ0) is 21.6. The number of amides is 1. The molecule has 0 spiro atoms. The maximum Gasteiger partial charge on any atom is 0.412 e. The summed E-state index contributed by atoms with van der Waals surface area (Å²) in [5.41, 5.74) is -0.246. The first-order valence-corrected chi connectivity index (χ1v) is 8.73. The van der Waals surface area contributed by atoms with Crippen molar-refractivity contribution in [2.75, 3.05) is 19.0 Å². The van der Waals surface area contributed by atoms with Gasteiger partial charge in [-0.1, -0.05) is 6.07 Å². The summed E-state index contributed by atoms with van der Waals surface area (Å²) in [6.45, 7) is 4.59. The molecule has 0 bridgehead atoms. The number of methoxy groups -OCH3 is 1. The van der Waals surface area contributed by atoms with E-state index in [2.05, 4.69) is 5.32 Å². The molecule has 0 aliphatic heterocycles. The first kappa shape index (κ1) is 21.9. The lowest BCUT2D eigenvalue weighted by Gasteiger charge is -2.19. The number of benzene rings is 2. The molecule has 7 nitrogen and oxygen atoms in total. The fourth-order valence-corrected chi connectivity index (χ4v) is 2.34. The third-order valence-corrected chi connectivity index (χ3v) is 3.54. The molecular formula is C21H22FNO6. The molecule has 0 atom stereocenters. The van der Waals surface area contributed by atoms with Crippen LogP contribution < -0.4 is 10.1 Å². The predicted octanol–water partition coefficient (Wildman–Crippen LogP) is 4.22. The van der Waals surface area contributed by atoms with Gasteiger partial charge in [-0.2, -0.15) is 0 Å². The van der Waals surface area contributed by atoms with Crippen LogP contribution in [0.3, 0.4) is 0 Å². The van der Waals surface area contributed by atoms with Gasteiger partial charge >= 0.3 is 12.1 Å². The van der Waals surface area contributed by atoms with Gasteiger partial charge in [0.05, 0.1) is 18.2 Å². The molecule has 0 aliphatic rings. The summed E-state index contributed by atoms with van der Waals surface area (Å²) in [6.07, 6.45) is -0.670. The summed E-state index contributed by atoms with van der Waals surface area (Å²) in [5, 5.41) is 2.51. The van der Waals surface area contributed by atoms with Crippen LogP contribution in [0.15, 0.2) is 42.5 Å². The smallest absolute Gasteiger partial charge is 0.412 e. The van der Waals surface area contributed by atoms with E-state index in [0.29, 0.717) is 5.69 Å². The van der Waals surface area contributed by atoms with E-state index in [-0.39, 0.29) is 16.9 Å². The largest absolute Gasteiger partial charge is 0.496 e. The molecule has 1 amide bonds. The number of hydrogen-bond acceptors (Lipinski definition) is 6. The Hall–Kier alpha value is -3.42. The second-order valence-electron chi connectivity index (χ2n) is 7.05. The van der Waals surface area contributed by atoms with Gasteiger partial charge in [-0.05, 0) is 57.2 Å². The van der Waals surface area contributed by atoms with Crippen LogP contribution >= 0.6 is 0 Å². The minimum Gasteiger partial charge on any atom is -0.496 e. The average Bonchev–Trinajstić information content (AvgIpc) is 2.64. The Balaban J connectivity index is 2.02. The SMILES string of the molecule is COc1ccc(F)cc1C(=O)COC(=O)c1cccc(NC(=O)OC(C)(C)C)c1. The zero-order valence-corrected chi connectivity index (χ0v) is 16.6. The topological polar surface area (TPSA) is 90.9 Å². The number of nitrogens with one attached hydrogen (secondary N) is 1. The van der Waals surface area contributed by atoms with E-state index >= 15 is 0 Å². The maximum atomic E-state index is 13.4. The molecule has 0 aromatic heterocycles.